The molecule has 0 aromatic heterocycles. The van der Waals surface area contributed by atoms with Crippen molar-refractivity contribution in [3.05, 3.63) is 18.2 Å². The molecule has 1 fully saturated rings. The summed E-state index contributed by atoms with van der Waals surface area (Å²) in [6.07, 6.45) is 3.78. The number of aliphatic hydroxyl groups excluding tert-OH is 1. The Bertz CT molecular complexity index is 409. The topological polar surface area (TPSA) is 67.5 Å². The smallest absolute Gasteiger partial charge is 0.123 e. The number of anilines is 2. The van der Waals surface area contributed by atoms with Crippen molar-refractivity contribution in [3.63, 3.8) is 0 Å². The van der Waals surface area contributed by atoms with Crippen LogP contribution in [0.3, 0.4) is 0 Å². The molecule has 19 heavy (non-hydrogen) atoms. The van der Waals surface area contributed by atoms with Crippen LogP contribution in [0.2, 0.25) is 0 Å². The molecule has 4 nitrogen and oxygen atoms in total. The van der Waals surface area contributed by atoms with Gasteiger partial charge in [-0.3, -0.25) is 0 Å². The number of aliphatic hydroxyl groups is 1. The van der Waals surface area contributed by atoms with Gasteiger partial charge in [0.15, 0.2) is 0 Å². The fourth-order valence-corrected chi connectivity index (χ4v) is 2.52. The maximum absolute atomic E-state index is 9.51. The van der Waals surface area contributed by atoms with E-state index in [1.807, 2.05) is 18.2 Å². The van der Waals surface area contributed by atoms with Gasteiger partial charge in [0.2, 0.25) is 0 Å². The minimum Gasteiger partial charge on any atom is -0.493 e. The molecule has 0 aliphatic heterocycles. The fourth-order valence-electron chi connectivity index (χ4n) is 2.52. The van der Waals surface area contributed by atoms with Crippen LogP contribution in [0.1, 0.15) is 32.6 Å². The Labute approximate surface area is 115 Å². The van der Waals surface area contributed by atoms with E-state index >= 15 is 0 Å². The number of hydrogen-bond donors (Lipinski definition) is 3. The highest BCUT2D eigenvalue weighted by atomic mass is 16.5. The van der Waals surface area contributed by atoms with Gasteiger partial charge in [-0.15, -0.1) is 0 Å². The first-order valence-electron chi connectivity index (χ1n) is 7.12. The largest absolute Gasteiger partial charge is 0.493 e. The Morgan fingerprint density at radius 3 is 2.89 bits per heavy atom. The lowest BCUT2D eigenvalue weighted by molar-refractivity contribution is 0.178. The zero-order valence-electron chi connectivity index (χ0n) is 11.6. The second kappa shape index (κ2) is 6.66. The molecule has 1 aromatic rings. The quantitative estimate of drug-likeness (QED) is 0.691. The summed E-state index contributed by atoms with van der Waals surface area (Å²) in [6, 6.07) is 5.75. The number of nitrogens with two attached hydrogens (primary N) is 1. The molecule has 0 bridgehead atoms. The SMILES string of the molecule is CCCOc1cc(N)cc(NCC2CCC(O)C2)c1. The summed E-state index contributed by atoms with van der Waals surface area (Å²) in [5.74, 6) is 1.37. The third kappa shape index (κ3) is 4.31. The highest BCUT2D eigenvalue weighted by Gasteiger charge is 2.22. The minimum atomic E-state index is -0.115. The van der Waals surface area contributed by atoms with E-state index in [0.717, 1.165) is 43.7 Å². The number of hydrogen-bond acceptors (Lipinski definition) is 4. The summed E-state index contributed by atoms with van der Waals surface area (Å²) < 4.78 is 5.61. The van der Waals surface area contributed by atoms with E-state index in [1.165, 1.54) is 0 Å². The maximum atomic E-state index is 9.51. The van der Waals surface area contributed by atoms with Crippen molar-refractivity contribution < 1.29 is 9.84 Å². The number of nitrogen functional groups attached to an aromatic ring is 1. The van der Waals surface area contributed by atoms with Crippen LogP contribution in [-0.4, -0.2) is 24.4 Å². The van der Waals surface area contributed by atoms with Crippen LogP contribution >= 0.6 is 0 Å². The van der Waals surface area contributed by atoms with Crippen molar-refractivity contribution in [2.24, 2.45) is 5.92 Å². The van der Waals surface area contributed by atoms with Gasteiger partial charge in [-0.1, -0.05) is 6.92 Å². The highest BCUT2D eigenvalue weighted by molar-refractivity contribution is 5.59. The molecule has 2 unspecified atom stereocenters. The van der Waals surface area contributed by atoms with Crippen molar-refractivity contribution in [1.29, 1.82) is 0 Å². The van der Waals surface area contributed by atoms with Crippen LogP contribution in [0.5, 0.6) is 5.75 Å². The first-order chi connectivity index (χ1) is 9.17. The summed E-state index contributed by atoms with van der Waals surface area (Å²) in [4.78, 5) is 0. The van der Waals surface area contributed by atoms with Crippen molar-refractivity contribution in [2.45, 2.75) is 38.7 Å². The Morgan fingerprint density at radius 2 is 2.21 bits per heavy atom. The normalized spacial score (nSPS) is 22.4. The number of rotatable bonds is 6. The van der Waals surface area contributed by atoms with Gasteiger partial charge in [-0.2, -0.15) is 0 Å². The molecule has 0 amide bonds. The summed E-state index contributed by atoms with van der Waals surface area (Å²) in [5, 5.41) is 12.9. The zero-order valence-corrected chi connectivity index (χ0v) is 11.6. The lowest BCUT2D eigenvalue weighted by Crippen LogP contribution is -2.12. The highest BCUT2D eigenvalue weighted by Crippen LogP contribution is 2.27. The summed E-state index contributed by atoms with van der Waals surface area (Å²) in [5.41, 5.74) is 7.58. The lowest BCUT2D eigenvalue weighted by Gasteiger charge is -2.14. The van der Waals surface area contributed by atoms with Gasteiger partial charge in [0.05, 0.1) is 12.7 Å². The van der Waals surface area contributed by atoms with E-state index in [-0.39, 0.29) is 6.10 Å². The molecule has 4 heteroatoms. The third-order valence-corrected chi connectivity index (χ3v) is 3.51. The molecule has 1 saturated carbocycles. The molecule has 1 aromatic carbocycles. The van der Waals surface area contributed by atoms with Gasteiger partial charge < -0.3 is 20.9 Å². The van der Waals surface area contributed by atoms with Gasteiger partial charge >= 0.3 is 0 Å². The molecular weight excluding hydrogens is 240 g/mol. The van der Waals surface area contributed by atoms with E-state index < -0.39 is 0 Å². The van der Waals surface area contributed by atoms with E-state index in [4.69, 9.17) is 10.5 Å². The molecule has 1 aliphatic rings. The molecule has 0 saturated heterocycles. The van der Waals surface area contributed by atoms with E-state index in [0.29, 0.717) is 18.2 Å². The molecule has 106 valence electrons. The van der Waals surface area contributed by atoms with Crippen LogP contribution in [0.25, 0.3) is 0 Å². The Morgan fingerprint density at radius 1 is 1.37 bits per heavy atom. The van der Waals surface area contributed by atoms with E-state index in [1.54, 1.807) is 0 Å². The second-order valence-corrected chi connectivity index (χ2v) is 5.35. The van der Waals surface area contributed by atoms with Crippen LogP contribution in [-0.2, 0) is 0 Å². The van der Waals surface area contributed by atoms with E-state index in [2.05, 4.69) is 12.2 Å². The number of ether oxygens (including phenoxy) is 1. The summed E-state index contributed by atoms with van der Waals surface area (Å²) in [6.45, 7) is 3.67. The molecule has 1 aliphatic carbocycles. The van der Waals surface area contributed by atoms with Gasteiger partial charge in [0.25, 0.3) is 0 Å². The van der Waals surface area contributed by atoms with Crippen LogP contribution < -0.4 is 15.8 Å². The Hall–Kier alpha value is -1.42. The molecular formula is C15H24N2O2. The predicted molar refractivity (Wildman–Crippen MR) is 78.5 cm³/mol. The van der Waals surface area contributed by atoms with Crippen LogP contribution in [0.4, 0.5) is 11.4 Å². The summed E-state index contributed by atoms with van der Waals surface area (Å²) in [7, 11) is 0. The third-order valence-electron chi connectivity index (χ3n) is 3.51. The number of nitrogens with one attached hydrogen (secondary N) is 1. The standard InChI is InChI=1S/C15H24N2O2/c1-2-5-19-15-8-12(16)7-13(9-15)17-10-11-3-4-14(18)6-11/h7-9,11,14,17-18H,2-6,10,16H2,1H3. The maximum Gasteiger partial charge on any atom is 0.123 e. The predicted octanol–water partition coefficient (Wildman–Crippen LogP) is 2.63. The first-order valence-corrected chi connectivity index (χ1v) is 7.12. The van der Waals surface area contributed by atoms with Crippen LogP contribution in [0, 0.1) is 5.92 Å². The van der Waals surface area contributed by atoms with Gasteiger partial charge in [0, 0.05) is 30.1 Å². The molecule has 4 N–H and O–H groups in total. The zero-order chi connectivity index (χ0) is 13.7. The second-order valence-electron chi connectivity index (χ2n) is 5.35. The van der Waals surface area contributed by atoms with E-state index in [9.17, 15) is 5.11 Å². The van der Waals surface area contributed by atoms with Crippen molar-refractivity contribution in [2.75, 3.05) is 24.2 Å². The average Bonchev–Trinajstić information content (AvgIpc) is 2.79. The van der Waals surface area contributed by atoms with Crippen LogP contribution in [0.15, 0.2) is 18.2 Å². The van der Waals surface area contributed by atoms with Gasteiger partial charge in [-0.25, -0.2) is 0 Å². The Balaban J connectivity index is 1.90. The molecule has 0 spiro atoms. The first kappa shape index (κ1) is 14.0. The molecule has 0 radical (unpaired) electrons. The molecule has 0 heterocycles. The molecule has 2 atom stereocenters. The average molecular weight is 264 g/mol. The fraction of sp³-hybridized carbons (Fsp3) is 0.600. The van der Waals surface area contributed by atoms with Gasteiger partial charge in [-0.05, 0) is 37.7 Å². The summed E-state index contributed by atoms with van der Waals surface area (Å²) >= 11 is 0. The van der Waals surface area contributed by atoms with Crippen molar-refractivity contribution >= 4 is 11.4 Å². The minimum absolute atomic E-state index is 0.115. The Kier molecular flexibility index (Phi) is 4.91. The molecule has 2 rings (SSSR count). The number of benzene rings is 1. The lowest BCUT2D eigenvalue weighted by atomic mass is 10.1. The monoisotopic (exact) mass is 264 g/mol. The van der Waals surface area contributed by atoms with Gasteiger partial charge in [0.1, 0.15) is 5.75 Å². The van der Waals surface area contributed by atoms with Crippen molar-refractivity contribution in [1.82, 2.24) is 0 Å². The van der Waals surface area contributed by atoms with Crippen molar-refractivity contribution in [3.8, 4) is 5.75 Å².